The van der Waals surface area contributed by atoms with E-state index in [9.17, 15) is 0 Å². The molecule has 1 nitrogen and oxygen atoms in total. The lowest BCUT2D eigenvalue weighted by molar-refractivity contribution is 0.675. The number of rotatable bonds is 5. The molecule has 0 saturated carbocycles. The molecule has 2 heteroatoms. The molecule has 0 bridgehead atoms. The summed E-state index contributed by atoms with van der Waals surface area (Å²) < 4.78 is 0. The number of hydrogen-bond acceptors (Lipinski definition) is 1. The SMILES string of the molecule is CCCNCc1ccc(-c2c(C)cc(C)cc2C)cc1Cl. The summed E-state index contributed by atoms with van der Waals surface area (Å²) in [6.07, 6.45) is 1.14. The van der Waals surface area contributed by atoms with Gasteiger partial charge < -0.3 is 5.32 Å². The minimum Gasteiger partial charge on any atom is -0.313 e. The van der Waals surface area contributed by atoms with Crippen LogP contribution in [0.4, 0.5) is 0 Å². The van der Waals surface area contributed by atoms with Crippen LogP contribution in [0, 0.1) is 20.8 Å². The number of hydrogen-bond donors (Lipinski definition) is 1. The molecule has 1 N–H and O–H groups in total. The Morgan fingerprint density at radius 1 is 1.00 bits per heavy atom. The largest absolute Gasteiger partial charge is 0.313 e. The van der Waals surface area contributed by atoms with Gasteiger partial charge in [-0.2, -0.15) is 0 Å². The van der Waals surface area contributed by atoms with E-state index in [4.69, 9.17) is 11.6 Å². The van der Waals surface area contributed by atoms with Crippen molar-refractivity contribution in [2.75, 3.05) is 6.54 Å². The summed E-state index contributed by atoms with van der Waals surface area (Å²) in [7, 11) is 0. The van der Waals surface area contributed by atoms with Gasteiger partial charge in [0.15, 0.2) is 0 Å². The van der Waals surface area contributed by atoms with Gasteiger partial charge >= 0.3 is 0 Å². The summed E-state index contributed by atoms with van der Waals surface area (Å²) in [4.78, 5) is 0. The fourth-order valence-electron chi connectivity index (χ4n) is 2.88. The molecule has 21 heavy (non-hydrogen) atoms. The van der Waals surface area contributed by atoms with Crippen molar-refractivity contribution in [1.29, 1.82) is 0 Å². The minimum atomic E-state index is 0.832. The molecule has 112 valence electrons. The van der Waals surface area contributed by atoms with Crippen LogP contribution in [0.15, 0.2) is 30.3 Å². The molecule has 0 fully saturated rings. The van der Waals surface area contributed by atoms with Crippen molar-refractivity contribution in [3.8, 4) is 11.1 Å². The molecular weight excluding hydrogens is 278 g/mol. The van der Waals surface area contributed by atoms with Gasteiger partial charge in [0.1, 0.15) is 0 Å². The minimum absolute atomic E-state index is 0.832. The highest BCUT2D eigenvalue weighted by atomic mass is 35.5. The first-order valence-corrected chi connectivity index (χ1v) is 7.98. The highest BCUT2D eigenvalue weighted by Crippen LogP contribution is 2.31. The van der Waals surface area contributed by atoms with Crippen LogP contribution in [-0.4, -0.2) is 6.54 Å². The van der Waals surface area contributed by atoms with E-state index in [1.54, 1.807) is 0 Å². The topological polar surface area (TPSA) is 12.0 Å². The second kappa shape index (κ2) is 7.11. The second-order valence-electron chi connectivity index (χ2n) is 5.76. The molecular formula is C19H24ClN. The Bertz CT molecular complexity index is 608. The van der Waals surface area contributed by atoms with E-state index in [1.807, 2.05) is 0 Å². The Labute approximate surface area is 133 Å². The van der Waals surface area contributed by atoms with E-state index in [0.717, 1.165) is 30.1 Å². The van der Waals surface area contributed by atoms with Crippen LogP contribution in [0.2, 0.25) is 5.02 Å². The van der Waals surface area contributed by atoms with Crippen LogP contribution in [0.3, 0.4) is 0 Å². The zero-order valence-corrected chi connectivity index (χ0v) is 14.1. The molecule has 2 aromatic rings. The monoisotopic (exact) mass is 301 g/mol. The van der Waals surface area contributed by atoms with Crippen molar-refractivity contribution < 1.29 is 0 Å². The highest BCUT2D eigenvalue weighted by molar-refractivity contribution is 6.31. The van der Waals surface area contributed by atoms with Crippen LogP contribution >= 0.6 is 11.6 Å². The van der Waals surface area contributed by atoms with Crippen LogP contribution in [-0.2, 0) is 6.54 Å². The molecule has 0 heterocycles. The van der Waals surface area contributed by atoms with Gasteiger partial charge in [0, 0.05) is 11.6 Å². The summed E-state index contributed by atoms with van der Waals surface area (Å²) in [5.74, 6) is 0. The fourth-order valence-corrected chi connectivity index (χ4v) is 3.13. The Kier molecular flexibility index (Phi) is 5.44. The predicted molar refractivity (Wildman–Crippen MR) is 93.1 cm³/mol. The van der Waals surface area contributed by atoms with Gasteiger partial charge in [0.25, 0.3) is 0 Å². The lowest BCUT2D eigenvalue weighted by Crippen LogP contribution is -2.14. The van der Waals surface area contributed by atoms with E-state index in [0.29, 0.717) is 0 Å². The molecule has 0 atom stereocenters. The first kappa shape index (κ1) is 16.1. The molecule has 2 aromatic carbocycles. The lowest BCUT2D eigenvalue weighted by atomic mass is 9.93. The number of aryl methyl sites for hydroxylation is 3. The highest BCUT2D eigenvalue weighted by Gasteiger charge is 2.09. The molecule has 0 unspecified atom stereocenters. The summed E-state index contributed by atoms with van der Waals surface area (Å²) in [5, 5.41) is 4.24. The Balaban J connectivity index is 2.32. The normalized spacial score (nSPS) is 10.9. The maximum absolute atomic E-state index is 6.45. The Hall–Kier alpha value is -1.31. The van der Waals surface area contributed by atoms with Crippen LogP contribution < -0.4 is 5.32 Å². The third-order valence-corrected chi connectivity index (χ3v) is 4.11. The summed E-state index contributed by atoms with van der Waals surface area (Å²) in [5.41, 5.74) is 7.59. The zero-order valence-electron chi connectivity index (χ0n) is 13.4. The van der Waals surface area contributed by atoms with Gasteiger partial charge in [-0.3, -0.25) is 0 Å². The molecule has 0 amide bonds. The average molecular weight is 302 g/mol. The Morgan fingerprint density at radius 2 is 1.67 bits per heavy atom. The van der Waals surface area contributed by atoms with Gasteiger partial charge in [-0.1, -0.05) is 48.4 Å². The third kappa shape index (κ3) is 3.87. The molecule has 0 saturated heterocycles. The van der Waals surface area contributed by atoms with E-state index in [-0.39, 0.29) is 0 Å². The molecule has 0 radical (unpaired) electrons. The molecule has 0 spiro atoms. The molecule has 2 rings (SSSR count). The second-order valence-corrected chi connectivity index (χ2v) is 6.16. The van der Waals surface area contributed by atoms with Crippen molar-refractivity contribution in [2.24, 2.45) is 0 Å². The van der Waals surface area contributed by atoms with E-state index in [1.165, 1.54) is 27.8 Å². The number of benzene rings is 2. The van der Waals surface area contributed by atoms with Crippen molar-refractivity contribution >= 4 is 11.6 Å². The fraction of sp³-hybridized carbons (Fsp3) is 0.368. The quantitative estimate of drug-likeness (QED) is 0.726. The van der Waals surface area contributed by atoms with Crippen molar-refractivity contribution in [1.82, 2.24) is 5.32 Å². The summed E-state index contributed by atoms with van der Waals surface area (Å²) in [6, 6.07) is 10.9. The zero-order chi connectivity index (χ0) is 15.4. The van der Waals surface area contributed by atoms with E-state index < -0.39 is 0 Å². The van der Waals surface area contributed by atoms with Crippen molar-refractivity contribution in [2.45, 2.75) is 40.7 Å². The Morgan fingerprint density at radius 3 is 2.24 bits per heavy atom. The van der Waals surface area contributed by atoms with Crippen molar-refractivity contribution in [3.05, 3.63) is 57.6 Å². The number of halogens is 1. The van der Waals surface area contributed by atoms with Crippen molar-refractivity contribution in [3.63, 3.8) is 0 Å². The van der Waals surface area contributed by atoms with Gasteiger partial charge in [0.05, 0.1) is 0 Å². The smallest absolute Gasteiger partial charge is 0.0457 e. The summed E-state index contributed by atoms with van der Waals surface area (Å²) in [6.45, 7) is 10.5. The van der Waals surface area contributed by atoms with E-state index in [2.05, 4.69) is 63.3 Å². The van der Waals surface area contributed by atoms with E-state index >= 15 is 0 Å². The maximum Gasteiger partial charge on any atom is 0.0457 e. The van der Waals surface area contributed by atoms with Crippen LogP contribution in [0.25, 0.3) is 11.1 Å². The summed E-state index contributed by atoms with van der Waals surface area (Å²) >= 11 is 6.45. The standard InChI is InChI=1S/C19H24ClN/c1-5-8-21-12-17-7-6-16(11-18(17)20)19-14(3)9-13(2)10-15(19)4/h6-7,9-11,21H,5,8,12H2,1-4H3. The van der Waals surface area contributed by atoms with Gasteiger partial charge in [-0.15, -0.1) is 0 Å². The molecule has 0 aromatic heterocycles. The first-order valence-electron chi connectivity index (χ1n) is 7.60. The maximum atomic E-state index is 6.45. The van der Waals surface area contributed by atoms with Crippen LogP contribution in [0.1, 0.15) is 35.6 Å². The lowest BCUT2D eigenvalue weighted by Gasteiger charge is -2.13. The third-order valence-electron chi connectivity index (χ3n) is 3.76. The number of nitrogens with one attached hydrogen (secondary N) is 1. The predicted octanol–water partition coefficient (Wildman–Crippen LogP) is 5.43. The van der Waals surface area contributed by atoms with Gasteiger partial charge in [-0.25, -0.2) is 0 Å². The van der Waals surface area contributed by atoms with Crippen LogP contribution in [0.5, 0.6) is 0 Å². The molecule has 0 aliphatic rings. The van der Waals surface area contributed by atoms with Gasteiger partial charge in [0.2, 0.25) is 0 Å². The van der Waals surface area contributed by atoms with Gasteiger partial charge in [-0.05, 0) is 67.6 Å². The average Bonchev–Trinajstić information content (AvgIpc) is 2.40. The molecule has 0 aliphatic carbocycles. The molecule has 0 aliphatic heterocycles. The first-order chi connectivity index (χ1) is 10.0.